The molecule has 0 bridgehead atoms. The van der Waals surface area contributed by atoms with E-state index in [9.17, 15) is 5.11 Å². The van der Waals surface area contributed by atoms with E-state index in [-0.39, 0.29) is 6.61 Å². The molecule has 3 heteroatoms. The summed E-state index contributed by atoms with van der Waals surface area (Å²) in [6.07, 6.45) is 1.08. The number of aliphatic hydroxyl groups is 1. The van der Waals surface area contributed by atoms with Crippen molar-refractivity contribution in [1.29, 1.82) is 0 Å². The summed E-state index contributed by atoms with van der Waals surface area (Å²) >= 11 is 0. The van der Waals surface area contributed by atoms with Gasteiger partial charge >= 0.3 is 0 Å². The van der Waals surface area contributed by atoms with E-state index in [0.29, 0.717) is 11.8 Å². The quantitative estimate of drug-likeness (QED) is 0.810. The van der Waals surface area contributed by atoms with Gasteiger partial charge in [0.1, 0.15) is 5.75 Å². The second-order valence-corrected chi connectivity index (χ2v) is 4.32. The number of ether oxygens (including phenoxy) is 1. The molecule has 88 valence electrons. The van der Waals surface area contributed by atoms with Crippen LogP contribution in [0.4, 0.5) is 0 Å². The van der Waals surface area contributed by atoms with Crippen LogP contribution in [0.15, 0.2) is 24.3 Å². The fourth-order valence-electron chi connectivity index (χ4n) is 2.43. The highest BCUT2D eigenvalue weighted by Crippen LogP contribution is 2.31. The van der Waals surface area contributed by atoms with E-state index in [4.69, 9.17) is 4.74 Å². The predicted octanol–water partition coefficient (Wildman–Crippen LogP) is 1.38. The highest BCUT2D eigenvalue weighted by Gasteiger charge is 2.25. The van der Waals surface area contributed by atoms with Crippen LogP contribution in [0, 0.1) is 5.92 Å². The summed E-state index contributed by atoms with van der Waals surface area (Å²) in [6.45, 7) is 2.17. The van der Waals surface area contributed by atoms with E-state index in [1.54, 1.807) is 7.11 Å². The van der Waals surface area contributed by atoms with Crippen LogP contribution in [-0.4, -0.2) is 31.9 Å². The van der Waals surface area contributed by atoms with Crippen LogP contribution in [0.5, 0.6) is 5.75 Å². The number of hydrogen-bond acceptors (Lipinski definition) is 3. The van der Waals surface area contributed by atoms with E-state index in [0.717, 1.165) is 25.3 Å². The van der Waals surface area contributed by atoms with Crippen molar-refractivity contribution in [1.82, 2.24) is 5.32 Å². The van der Waals surface area contributed by atoms with E-state index < -0.39 is 0 Å². The Hall–Kier alpha value is -1.06. The Morgan fingerprint density at radius 3 is 3.12 bits per heavy atom. The van der Waals surface area contributed by atoms with Gasteiger partial charge in [0.15, 0.2) is 0 Å². The molecular weight excluding hydrogens is 202 g/mol. The Morgan fingerprint density at radius 1 is 1.50 bits per heavy atom. The van der Waals surface area contributed by atoms with Gasteiger partial charge in [0.2, 0.25) is 0 Å². The zero-order chi connectivity index (χ0) is 11.4. The highest BCUT2D eigenvalue weighted by atomic mass is 16.5. The van der Waals surface area contributed by atoms with Gasteiger partial charge in [0, 0.05) is 19.1 Å². The molecule has 2 N–H and O–H groups in total. The number of hydrogen-bond donors (Lipinski definition) is 2. The Balaban J connectivity index is 2.20. The first-order valence-electron chi connectivity index (χ1n) is 5.80. The number of aliphatic hydroxyl groups excluding tert-OH is 1. The molecule has 2 atom stereocenters. The standard InChI is InChI=1S/C13H19NO2/c1-16-12-4-2-3-10(7-12)13-5-6-14-8-11(13)9-15/h2-4,7,11,13-15H,5-6,8-9H2,1H3/t11-,13-/m1/s1. The Morgan fingerprint density at radius 2 is 2.38 bits per heavy atom. The van der Waals surface area contributed by atoms with Gasteiger partial charge in [-0.3, -0.25) is 0 Å². The van der Waals surface area contributed by atoms with Crippen LogP contribution in [0.2, 0.25) is 0 Å². The molecule has 0 aliphatic carbocycles. The minimum absolute atomic E-state index is 0.245. The molecule has 1 heterocycles. The first kappa shape index (κ1) is 11.4. The lowest BCUT2D eigenvalue weighted by atomic mass is 9.81. The van der Waals surface area contributed by atoms with Gasteiger partial charge < -0.3 is 15.2 Å². The largest absolute Gasteiger partial charge is 0.497 e. The highest BCUT2D eigenvalue weighted by molar-refractivity contribution is 5.31. The molecule has 1 saturated heterocycles. The van der Waals surface area contributed by atoms with Crippen molar-refractivity contribution < 1.29 is 9.84 Å². The summed E-state index contributed by atoms with van der Waals surface area (Å²) in [6, 6.07) is 8.18. The zero-order valence-electron chi connectivity index (χ0n) is 9.65. The summed E-state index contributed by atoms with van der Waals surface area (Å²) in [5.74, 6) is 1.66. The van der Waals surface area contributed by atoms with Crippen LogP contribution in [0.1, 0.15) is 17.9 Å². The maximum atomic E-state index is 9.38. The number of rotatable bonds is 3. The molecule has 2 rings (SSSR count). The maximum Gasteiger partial charge on any atom is 0.119 e. The number of benzene rings is 1. The first-order chi connectivity index (χ1) is 7.85. The average Bonchev–Trinajstić information content (AvgIpc) is 2.38. The van der Waals surface area contributed by atoms with Crippen molar-refractivity contribution in [2.75, 3.05) is 26.8 Å². The molecule has 0 aromatic heterocycles. The third-order valence-electron chi connectivity index (χ3n) is 3.36. The molecule has 16 heavy (non-hydrogen) atoms. The lowest BCUT2D eigenvalue weighted by Crippen LogP contribution is -2.37. The van der Waals surface area contributed by atoms with Crippen LogP contribution in [0.3, 0.4) is 0 Å². The minimum Gasteiger partial charge on any atom is -0.497 e. The van der Waals surface area contributed by atoms with Crippen molar-refractivity contribution in [2.45, 2.75) is 12.3 Å². The smallest absolute Gasteiger partial charge is 0.119 e. The van der Waals surface area contributed by atoms with E-state index in [1.807, 2.05) is 12.1 Å². The predicted molar refractivity (Wildman–Crippen MR) is 63.8 cm³/mol. The lowest BCUT2D eigenvalue weighted by Gasteiger charge is -2.31. The van der Waals surface area contributed by atoms with Crippen LogP contribution < -0.4 is 10.1 Å². The summed E-state index contributed by atoms with van der Waals surface area (Å²) in [5.41, 5.74) is 1.28. The van der Waals surface area contributed by atoms with Gasteiger partial charge in [0.25, 0.3) is 0 Å². The third kappa shape index (κ3) is 2.36. The third-order valence-corrected chi connectivity index (χ3v) is 3.36. The van der Waals surface area contributed by atoms with Crippen molar-refractivity contribution in [2.24, 2.45) is 5.92 Å². The van der Waals surface area contributed by atoms with Gasteiger partial charge in [-0.15, -0.1) is 0 Å². The lowest BCUT2D eigenvalue weighted by molar-refractivity contribution is 0.179. The van der Waals surface area contributed by atoms with Crippen molar-refractivity contribution >= 4 is 0 Å². The fraction of sp³-hybridized carbons (Fsp3) is 0.538. The molecule has 0 radical (unpaired) electrons. The molecule has 1 aromatic carbocycles. The van der Waals surface area contributed by atoms with E-state index in [2.05, 4.69) is 17.4 Å². The normalized spacial score (nSPS) is 25.4. The van der Waals surface area contributed by atoms with E-state index in [1.165, 1.54) is 5.56 Å². The number of methoxy groups -OCH3 is 1. The molecule has 1 aliphatic heterocycles. The molecule has 0 unspecified atom stereocenters. The minimum atomic E-state index is 0.245. The van der Waals surface area contributed by atoms with Crippen LogP contribution >= 0.6 is 0 Å². The SMILES string of the molecule is COc1cccc([C@H]2CCNC[C@@H]2CO)c1. The van der Waals surface area contributed by atoms with Gasteiger partial charge in [-0.1, -0.05) is 12.1 Å². The molecular formula is C13H19NO2. The van der Waals surface area contributed by atoms with Crippen molar-refractivity contribution in [3.8, 4) is 5.75 Å². The average molecular weight is 221 g/mol. The Labute approximate surface area is 96.4 Å². The molecule has 1 aliphatic rings. The molecule has 0 spiro atoms. The maximum absolute atomic E-state index is 9.38. The summed E-state index contributed by atoms with van der Waals surface area (Å²) in [4.78, 5) is 0. The van der Waals surface area contributed by atoms with Gasteiger partial charge in [-0.2, -0.15) is 0 Å². The summed E-state index contributed by atoms with van der Waals surface area (Å²) in [7, 11) is 1.69. The zero-order valence-corrected chi connectivity index (χ0v) is 9.65. The molecule has 0 saturated carbocycles. The number of piperidine rings is 1. The van der Waals surface area contributed by atoms with Crippen molar-refractivity contribution in [3.05, 3.63) is 29.8 Å². The Bertz CT molecular complexity index is 340. The summed E-state index contributed by atoms with van der Waals surface area (Å²) < 4.78 is 5.24. The van der Waals surface area contributed by atoms with E-state index >= 15 is 0 Å². The van der Waals surface area contributed by atoms with Crippen LogP contribution in [-0.2, 0) is 0 Å². The summed E-state index contributed by atoms with van der Waals surface area (Å²) in [5, 5.41) is 12.7. The first-order valence-corrected chi connectivity index (χ1v) is 5.80. The number of nitrogens with one attached hydrogen (secondary N) is 1. The topological polar surface area (TPSA) is 41.5 Å². The second-order valence-electron chi connectivity index (χ2n) is 4.32. The Kier molecular flexibility index (Phi) is 3.80. The monoisotopic (exact) mass is 221 g/mol. The molecule has 1 aromatic rings. The molecule has 0 amide bonds. The molecule has 3 nitrogen and oxygen atoms in total. The van der Waals surface area contributed by atoms with Gasteiger partial charge in [-0.05, 0) is 36.6 Å². The van der Waals surface area contributed by atoms with Gasteiger partial charge in [0.05, 0.1) is 7.11 Å². The fourth-order valence-corrected chi connectivity index (χ4v) is 2.43. The van der Waals surface area contributed by atoms with Crippen molar-refractivity contribution in [3.63, 3.8) is 0 Å². The molecule has 1 fully saturated rings. The van der Waals surface area contributed by atoms with Crippen LogP contribution in [0.25, 0.3) is 0 Å². The van der Waals surface area contributed by atoms with Gasteiger partial charge in [-0.25, -0.2) is 0 Å². The second kappa shape index (κ2) is 5.32.